The predicted octanol–water partition coefficient (Wildman–Crippen LogP) is 4.02. The van der Waals surface area contributed by atoms with Crippen LogP contribution < -0.4 is 10.6 Å². The van der Waals surface area contributed by atoms with Gasteiger partial charge in [-0.2, -0.15) is 0 Å². The Balaban J connectivity index is 1.66. The highest BCUT2D eigenvalue weighted by Crippen LogP contribution is 2.44. The molecule has 1 atom stereocenters. The maximum Gasteiger partial charge on any atom is 0.313 e. The van der Waals surface area contributed by atoms with Gasteiger partial charge in [0, 0.05) is 21.7 Å². The van der Waals surface area contributed by atoms with Gasteiger partial charge in [0.15, 0.2) is 0 Å². The molecule has 5 nitrogen and oxygen atoms in total. The van der Waals surface area contributed by atoms with Crippen molar-refractivity contribution >= 4 is 40.4 Å². The molecule has 7 heteroatoms. The van der Waals surface area contributed by atoms with E-state index >= 15 is 0 Å². The average Bonchev–Trinajstić information content (AvgIpc) is 3.31. The third-order valence-electron chi connectivity index (χ3n) is 5.04. The summed E-state index contributed by atoms with van der Waals surface area (Å²) in [7, 11) is 0. The van der Waals surface area contributed by atoms with Gasteiger partial charge in [-0.15, -0.1) is 11.3 Å². The molecule has 0 bridgehead atoms. The van der Waals surface area contributed by atoms with Crippen LogP contribution in [0.1, 0.15) is 48.5 Å². The molecule has 0 aliphatic heterocycles. The number of aliphatic hydroxyl groups excluding tert-OH is 1. The normalized spacial score (nSPS) is 16.7. The van der Waals surface area contributed by atoms with Gasteiger partial charge in [-0.25, -0.2) is 0 Å². The Morgan fingerprint density at radius 1 is 1.19 bits per heavy atom. The van der Waals surface area contributed by atoms with E-state index in [1.165, 1.54) is 0 Å². The Hall–Kier alpha value is -1.89. The fraction of sp³-hybridized carbons (Fsp3) is 0.400. The van der Waals surface area contributed by atoms with Crippen molar-refractivity contribution < 1.29 is 14.7 Å². The highest BCUT2D eigenvalue weighted by atomic mass is 35.5. The average molecular weight is 407 g/mol. The summed E-state index contributed by atoms with van der Waals surface area (Å²) in [6, 6.07) is 10.8. The number of aliphatic hydroxyl groups is 1. The van der Waals surface area contributed by atoms with Gasteiger partial charge in [-0.1, -0.05) is 36.6 Å². The molecule has 1 saturated carbocycles. The van der Waals surface area contributed by atoms with Crippen molar-refractivity contribution in [2.45, 2.75) is 44.1 Å². The fourth-order valence-electron chi connectivity index (χ4n) is 3.50. The van der Waals surface area contributed by atoms with Crippen molar-refractivity contribution in [1.82, 2.24) is 5.32 Å². The second-order valence-electron chi connectivity index (χ2n) is 6.98. The molecule has 1 aliphatic carbocycles. The van der Waals surface area contributed by atoms with Gasteiger partial charge in [0.05, 0.1) is 16.8 Å². The van der Waals surface area contributed by atoms with Crippen LogP contribution in [0.25, 0.3) is 0 Å². The molecule has 1 aliphatic rings. The summed E-state index contributed by atoms with van der Waals surface area (Å²) >= 11 is 7.60. The summed E-state index contributed by atoms with van der Waals surface area (Å²) in [5.41, 5.74) is 0.243. The Kier molecular flexibility index (Phi) is 6.19. The van der Waals surface area contributed by atoms with Gasteiger partial charge in [-0.05, 0) is 44.0 Å². The van der Waals surface area contributed by atoms with Crippen molar-refractivity contribution in [3.05, 3.63) is 51.2 Å². The summed E-state index contributed by atoms with van der Waals surface area (Å²) in [5.74, 6) is -1.40. The van der Waals surface area contributed by atoms with Gasteiger partial charge < -0.3 is 15.7 Å². The van der Waals surface area contributed by atoms with Crippen molar-refractivity contribution in [3.8, 4) is 0 Å². The lowest BCUT2D eigenvalue weighted by Gasteiger charge is -2.28. The van der Waals surface area contributed by atoms with Crippen LogP contribution in [0.5, 0.6) is 0 Å². The Bertz CT molecular complexity index is 828. The van der Waals surface area contributed by atoms with Crippen LogP contribution in [0, 0.1) is 0 Å². The van der Waals surface area contributed by atoms with E-state index in [1.807, 2.05) is 12.1 Å². The third-order valence-corrected chi connectivity index (χ3v) is 6.87. The minimum Gasteiger partial charge on any atom is -0.388 e. The molecule has 1 aromatic heterocycles. The van der Waals surface area contributed by atoms with E-state index in [-0.39, 0.29) is 5.41 Å². The Labute approximate surface area is 167 Å². The summed E-state index contributed by atoms with van der Waals surface area (Å²) in [6.07, 6.45) is 3.59. The standard InChI is InChI=1S/C20H23ClN2O3S/c1-13(24)16-8-9-17(27-16)20(10-4-5-11-20)12-22-18(25)19(26)23-15-7-3-2-6-14(15)21/h2-3,6-9,13,24H,4-5,10-12H2,1H3,(H,22,25)(H,23,26). The van der Waals surface area contributed by atoms with Crippen LogP contribution in [0.4, 0.5) is 5.69 Å². The number of halogens is 1. The number of benzene rings is 1. The van der Waals surface area contributed by atoms with Crippen LogP contribution in [-0.4, -0.2) is 23.5 Å². The van der Waals surface area contributed by atoms with Crippen LogP contribution in [-0.2, 0) is 15.0 Å². The fourth-order valence-corrected chi connectivity index (χ4v) is 4.87. The maximum atomic E-state index is 12.3. The lowest BCUT2D eigenvalue weighted by molar-refractivity contribution is -0.136. The van der Waals surface area contributed by atoms with E-state index in [0.29, 0.717) is 17.3 Å². The van der Waals surface area contributed by atoms with E-state index in [2.05, 4.69) is 10.6 Å². The lowest BCUT2D eigenvalue weighted by atomic mass is 9.84. The third kappa shape index (κ3) is 4.51. The quantitative estimate of drug-likeness (QED) is 0.656. The number of hydrogen-bond acceptors (Lipinski definition) is 4. The summed E-state index contributed by atoms with van der Waals surface area (Å²) in [5, 5.41) is 15.5. The summed E-state index contributed by atoms with van der Waals surface area (Å²) < 4.78 is 0. The van der Waals surface area contributed by atoms with Gasteiger partial charge >= 0.3 is 11.8 Å². The first-order valence-corrected chi connectivity index (χ1v) is 10.2. The van der Waals surface area contributed by atoms with Crippen LogP contribution in [0.15, 0.2) is 36.4 Å². The molecule has 144 valence electrons. The van der Waals surface area contributed by atoms with Crippen LogP contribution in [0.3, 0.4) is 0 Å². The topological polar surface area (TPSA) is 78.4 Å². The first kappa shape index (κ1) is 19.9. The molecule has 3 N–H and O–H groups in total. The second kappa shape index (κ2) is 8.42. The van der Waals surface area contributed by atoms with Crippen molar-refractivity contribution in [2.75, 3.05) is 11.9 Å². The van der Waals surface area contributed by atoms with Gasteiger partial charge in [0.1, 0.15) is 0 Å². The van der Waals surface area contributed by atoms with Gasteiger partial charge in [-0.3, -0.25) is 9.59 Å². The summed E-state index contributed by atoms with van der Waals surface area (Å²) in [6.45, 7) is 2.15. The van der Waals surface area contributed by atoms with Crippen LogP contribution >= 0.6 is 22.9 Å². The number of thiophene rings is 1. The number of hydrogen-bond donors (Lipinski definition) is 3. The van der Waals surface area contributed by atoms with Crippen molar-refractivity contribution in [2.24, 2.45) is 0 Å². The maximum absolute atomic E-state index is 12.3. The first-order valence-electron chi connectivity index (χ1n) is 9.03. The number of nitrogens with one attached hydrogen (secondary N) is 2. The van der Waals surface area contributed by atoms with Gasteiger partial charge in [0.2, 0.25) is 0 Å². The smallest absolute Gasteiger partial charge is 0.313 e. The van der Waals surface area contributed by atoms with Crippen molar-refractivity contribution in [3.63, 3.8) is 0 Å². The highest BCUT2D eigenvalue weighted by Gasteiger charge is 2.37. The zero-order valence-electron chi connectivity index (χ0n) is 15.1. The minimum atomic E-state index is -0.730. The molecule has 1 heterocycles. The molecule has 1 fully saturated rings. The van der Waals surface area contributed by atoms with E-state index < -0.39 is 17.9 Å². The zero-order valence-corrected chi connectivity index (χ0v) is 16.7. The number of rotatable bonds is 5. The summed E-state index contributed by atoms with van der Waals surface area (Å²) in [4.78, 5) is 26.6. The van der Waals surface area contributed by atoms with E-state index in [0.717, 1.165) is 35.4 Å². The Morgan fingerprint density at radius 2 is 1.89 bits per heavy atom. The zero-order chi connectivity index (χ0) is 19.4. The van der Waals surface area contributed by atoms with E-state index in [4.69, 9.17) is 11.6 Å². The molecule has 1 aromatic carbocycles. The SMILES string of the molecule is CC(O)c1ccc(C2(CNC(=O)C(=O)Nc3ccccc3Cl)CCCC2)s1. The molecule has 0 saturated heterocycles. The first-order chi connectivity index (χ1) is 12.9. The van der Waals surface area contributed by atoms with E-state index in [9.17, 15) is 14.7 Å². The molecule has 2 amide bonds. The molecule has 0 spiro atoms. The molecule has 1 unspecified atom stereocenters. The number of para-hydroxylation sites is 1. The lowest BCUT2D eigenvalue weighted by Crippen LogP contribution is -2.43. The van der Waals surface area contributed by atoms with E-state index in [1.54, 1.807) is 42.5 Å². The van der Waals surface area contributed by atoms with Crippen molar-refractivity contribution in [1.29, 1.82) is 0 Å². The number of carbonyl (C=O) groups is 2. The Morgan fingerprint density at radius 3 is 2.52 bits per heavy atom. The van der Waals surface area contributed by atoms with Gasteiger partial charge in [0.25, 0.3) is 0 Å². The number of amides is 2. The largest absolute Gasteiger partial charge is 0.388 e. The molecular formula is C20H23ClN2O3S. The minimum absolute atomic E-state index is 0.169. The molecule has 27 heavy (non-hydrogen) atoms. The monoisotopic (exact) mass is 406 g/mol. The molecule has 3 rings (SSSR count). The number of anilines is 1. The highest BCUT2D eigenvalue weighted by molar-refractivity contribution is 7.12. The number of carbonyl (C=O) groups excluding carboxylic acids is 2. The molecule has 2 aromatic rings. The predicted molar refractivity (Wildman–Crippen MR) is 108 cm³/mol. The second-order valence-corrected chi connectivity index (χ2v) is 8.50. The molecular weight excluding hydrogens is 384 g/mol. The molecule has 0 radical (unpaired) electrons. The van der Waals surface area contributed by atoms with Crippen LogP contribution in [0.2, 0.25) is 5.02 Å².